The third-order valence-corrected chi connectivity index (χ3v) is 6.75. The van der Waals surface area contributed by atoms with Crippen LogP contribution in [0.25, 0.3) is 11.1 Å². The van der Waals surface area contributed by atoms with E-state index in [1.54, 1.807) is 0 Å². The van der Waals surface area contributed by atoms with Gasteiger partial charge in [-0.05, 0) is 69.4 Å². The highest BCUT2D eigenvalue weighted by atomic mass is 16.5. The fourth-order valence-electron chi connectivity index (χ4n) is 4.90. The van der Waals surface area contributed by atoms with E-state index in [1.165, 1.54) is 0 Å². The van der Waals surface area contributed by atoms with Crippen LogP contribution >= 0.6 is 0 Å². The van der Waals surface area contributed by atoms with E-state index in [2.05, 4.69) is 65.8 Å². The Bertz CT molecular complexity index is 1330. The molecule has 2 aromatic carbocycles. The number of anilines is 1. The highest BCUT2D eigenvalue weighted by Gasteiger charge is 2.31. The van der Waals surface area contributed by atoms with E-state index in [-0.39, 0.29) is 12.1 Å². The number of benzene rings is 2. The van der Waals surface area contributed by atoms with Gasteiger partial charge in [0.15, 0.2) is 0 Å². The maximum absolute atomic E-state index is 6.82. The Hall–Kier alpha value is -3.72. The summed E-state index contributed by atoms with van der Waals surface area (Å²) < 4.78 is 14.0. The van der Waals surface area contributed by atoms with Crippen LogP contribution in [0, 0.1) is 17.8 Å². The summed E-state index contributed by atoms with van der Waals surface area (Å²) in [6.07, 6.45) is 10.2. The zero-order valence-electron chi connectivity index (χ0n) is 21.9. The van der Waals surface area contributed by atoms with Crippen LogP contribution < -0.4 is 15.4 Å². The monoisotopic (exact) mass is 493 g/mol. The van der Waals surface area contributed by atoms with Gasteiger partial charge in [-0.1, -0.05) is 48.4 Å². The molecule has 3 heterocycles. The average Bonchev–Trinajstić information content (AvgIpc) is 3.70. The minimum Gasteiger partial charge on any atom is -0.457 e. The summed E-state index contributed by atoms with van der Waals surface area (Å²) in [6, 6.07) is 18.1. The van der Waals surface area contributed by atoms with Crippen LogP contribution in [0.15, 0.2) is 79.1 Å². The maximum Gasteiger partial charge on any atom is 0.127 e. The molecule has 0 radical (unpaired) electrons. The van der Waals surface area contributed by atoms with Gasteiger partial charge in [0.25, 0.3) is 0 Å². The second-order valence-corrected chi connectivity index (χ2v) is 9.78. The first-order chi connectivity index (χ1) is 18.1. The van der Waals surface area contributed by atoms with E-state index in [0.717, 1.165) is 65.8 Å². The Morgan fingerprint density at radius 1 is 1.00 bits per heavy atom. The summed E-state index contributed by atoms with van der Waals surface area (Å²) >= 11 is 0. The zero-order chi connectivity index (χ0) is 25.8. The smallest absolute Gasteiger partial charge is 0.127 e. The molecule has 0 saturated carbocycles. The molecule has 0 amide bonds. The van der Waals surface area contributed by atoms with E-state index >= 15 is 0 Å². The largest absolute Gasteiger partial charge is 0.457 e. The normalized spacial score (nSPS) is 16.2. The molecule has 1 fully saturated rings. The van der Waals surface area contributed by atoms with Crippen molar-refractivity contribution >= 4 is 5.82 Å². The van der Waals surface area contributed by atoms with Crippen LogP contribution in [0.1, 0.15) is 57.0 Å². The lowest BCUT2D eigenvalue weighted by Gasteiger charge is -2.19. The summed E-state index contributed by atoms with van der Waals surface area (Å²) in [4.78, 5) is 2.16. The lowest BCUT2D eigenvalue weighted by atomic mass is 9.95. The van der Waals surface area contributed by atoms with E-state index in [1.807, 2.05) is 55.5 Å². The molecule has 2 aliphatic rings. The predicted octanol–water partition coefficient (Wildman–Crippen LogP) is 7.17. The highest BCUT2D eigenvalue weighted by molar-refractivity contribution is 5.83. The zero-order valence-corrected chi connectivity index (χ0v) is 21.9. The van der Waals surface area contributed by atoms with Crippen LogP contribution in [-0.2, 0) is 4.74 Å². The van der Waals surface area contributed by atoms with Crippen molar-refractivity contribution in [1.82, 2.24) is 4.57 Å². The Morgan fingerprint density at radius 2 is 1.68 bits per heavy atom. The minimum absolute atomic E-state index is 0.211. The van der Waals surface area contributed by atoms with Crippen molar-refractivity contribution in [3.63, 3.8) is 0 Å². The van der Waals surface area contributed by atoms with Crippen LogP contribution in [0.3, 0.4) is 0 Å². The first-order valence-electron chi connectivity index (χ1n) is 13.1. The molecular weight excluding hydrogens is 458 g/mol. The molecule has 0 spiro atoms. The van der Waals surface area contributed by atoms with Gasteiger partial charge >= 0.3 is 0 Å². The molecule has 190 valence electrons. The lowest BCUT2D eigenvalue weighted by Crippen LogP contribution is -2.14. The molecule has 2 aliphatic heterocycles. The first kappa shape index (κ1) is 25.0. The number of allylic oxidation sites excluding steroid dienone is 1. The summed E-state index contributed by atoms with van der Waals surface area (Å²) in [5.41, 5.74) is 11.1. The topological polar surface area (TPSA) is 52.4 Å². The Balaban J connectivity index is 1.64. The van der Waals surface area contributed by atoms with E-state index in [0.29, 0.717) is 5.92 Å². The van der Waals surface area contributed by atoms with Crippen molar-refractivity contribution in [3.05, 3.63) is 90.4 Å². The fraction of sp³-hybridized carbons (Fsp3) is 0.312. The second-order valence-electron chi connectivity index (χ2n) is 9.78. The number of para-hydroxylation sites is 1. The maximum atomic E-state index is 6.82. The van der Waals surface area contributed by atoms with Gasteiger partial charge in [0, 0.05) is 48.7 Å². The third kappa shape index (κ3) is 5.51. The molecule has 1 unspecified atom stereocenters. The van der Waals surface area contributed by atoms with Crippen molar-refractivity contribution in [1.29, 1.82) is 0 Å². The Kier molecular flexibility index (Phi) is 7.50. The van der Waals surface area contributed by atoms with Gasteiger partial charge in [-0.2, -0.15) is 0 Å². The molecule has 5 rings (SSSR count). The number of rotatable bonds is 7. The van der Waals surface area contributed by atoms with Gasteiger partial charge in [0.05, 0.1) is 6.04 Å². The lowest BCUT2D eigenvalue weighted by molar-refractivity contribution is 0.0807. The number of nitrogens with zero attached hydrogens (tertiary/aromatic N) is 2. The third-order valence-electron chi connectivity index (χ3n) is 6.75. The molecule has 3 aromatic rings. The molecule has 0 bridgehead atoms. The first-order valence-corrected chi connectivity index (χ1v) is 13.1. The summed E-state index contributed by atoms with van der Waals surface area (Å²) in [5, 5.41) is 0. The van der Waals surface area contributed by atoms with E-state index in [4.69, 9.17) is 15.2 Å². The molecule has 1 atom stereocenters. The number of ether oxygens (including phenoxy) is 2. The molecule has 1 saturated heterocycles. The van der Waals surface area contributed by atoms with Gasteiger partial charge in [-0.3, -0.25) is 0 Å². The van der Waals surface area contributed by atoms with Crippen LogP contribution in [0.4, 0.5) is 5.82 Å². The molecule has 1 aromatic heterocycles. The summed E-state index contributed by atoms with van der Waals surface area (Å²) in [5.74, 6) is 10.2. The van der Waals surface area contributed by atoms with Crippen LogP contribution in [0.5, 0.6) is 11.5 Å². The highest BCUT2D eigenvalue weighted by Crippen LogP contribution is 2.45. The van der Waals surface area contributed by atoms with Gasteiger partial charge < -0.3 is 24.7 Å². The van der Waals surface area contributed by atoms with Crippen molar-refractivity contribution in [3.8, 4) is 34.5 Å². The molecule has 5 heteroatoms. The molecule has 5 nitrogen and oxygen atoms in total. The van der Waals surface area contributed by atoms with Gasteiger partial charge in [-0.25, -0.2) is 0 Å². The van der Waals surface area contributed by atoms with Gasteiger partial charge in [0.1, 0.15) is 23.0 Å². The molecule has 37 heavy (non-hydrogen) atoms. The number of hydrogen-bond donors (Lipinski definition) is 1. The van der Waals surface area contributed by atoms with Crippen molar-refractivity contribution in [2.45, 2.75) is 45.7 Å². The van der Waals surface area contributed by atoms with E-state index < -0.39 is 0 Å². The molecular formula is C32H35N3O2. The SMILES string of the molecule is C/C=C/C(N)c1c(-c2ccc(Oc3ccccc3)cc2)c(C#CC2CCOCC2)n(C(C)C)c1N1C=C1. The average molecular weight is 494 g/mol. The van der Waals surface area contributed by atoms with E-state index in [9.17, 15) is 0 Å². The Morgan fingerprint density at radius 3 is 2.30 bits per heavy atom. The van der Waals surface area contributed by atoms with Crippen molar-refractivity contribution in [2.75, 3.05) is 18.1 Å². The number of nitrogens with two attached hydrogens (primary N) is 1. The summed E-state index contributed by atoms with van der Waals surface area (Å²) in [6.45, 7) is 7.98. The molecule has 0 aliphatic carbocycles. The quantitative estimate of drug-likeness (QED) is 0.280. The standard InChI is InChI=1S/C32H35N3O2/c1-4-8-28(33)31-30(25-12-14-27(15-13-25)37-26-9-6-5-7-10-26)29(16-11-24-17-21-36-22-18-24)35(23(2)3)32(31)34-19-20-34/h4-10,12-15,19-20,23-24,28H,17-18,21-22,33H2,1-3H3/b8-4+. The Labute approximate surface area is 220 Å². The second kappa shape index (κ2) is 11.1. The number of hydrogen-bond acceptors (Lipinski definition) is 4. The van der Waals surface area contributed by atoms with Crippen LogP contribution in [0.2, 0.25) is 0 Å². The van der Waals surface area contributed by atoms with Crippen LogP contribution in [-0.4, -0.2) is 17.8 Å². The predicted molar refractivity (Wildman–Crippen MR) is 151 cm³/mol. The minimum atomic E-state index is -0.263. The van der Waals surface area contributed by atoms with Gasteiger partial charge in [0.2, 0.25) is 0 Å². The fourth-order valence-corrected chi connectivity index (χ4v) is 4.90. The number of aromatic nitrogens is 1. The summed E-state index contributed by atoms with van der Waals surface area (Å²) in [7, 11) is 0. The van der Waals surface area contributed by atoms with Crippen molar-refractivity contribution in [2.24, 2.45) is 11.7 Å². The van der Waals surface area contributed by atoms with Gasteiger partial charge in [-0.15, -0.1) is 0 Å². The van der Waals surface area contributed by atoms with Crippen molar-refractivity contribution < 1.29 is 9.47 Å². The molecule has 2 N–H and O–H groups in total.